The first-order valence-corrected chi connectivity index (χ1v) is 7.11. The maximum atomic E-state index is 13.0. The zero-order valence-corrected chi connectivity index (χ0v) is 12.6. The van der Waals surface area contributed by atoms with Crippen LogP contribution in [0.1, 0.15) is 26.3 Å². The topological polar surface area (TPSA) is 46.9 Å². The molecule has 0 spiro atoms. The first-order valence-electron chi connectivity index (χ1n) is 7.11. The van der Waals surface area contributed by atoms with E-state index in [1.54, 1.807) is 18.2 Å². The second kappa shape index (κ2) is 6.63. The van der Waals surface area contributed by atoms with Gasteiger partial charge < -0.3 is 5.32 Å². The third kappa shape index (κ3) is 3.76. The van der Waals surface area contributed by atoms with Crippen LogP contribution in [0.2, 0.25) is 0 Å². The van der Waals surface area contributed by atoms with Crippen LogP contribution in [-0.4, -0.2) is 15.8 Å². The van der Waals surface area contributed by atoms with Gasteiger partial charge in [-0.05, 0) is 37.3 Å². The molecule has 0 amide bonds. The van der Waals surface area contributed by atoms with E-state index >= 15 is 0 Å². The second-order valence-corrected chi connectivity index (χ2v) is 5.22. The minimum Gasteiger partial charge on any atom is -0.310 e. The van der Waals surface area contributed by atoms with Crippen molar-refractivity contribution >= 4 is 0 Å². The van der Waals surface area contributed by atoms with E-state index in [1.165, 1.54) is 16.8 Å². The molecule has 0 aliphatic heterocycles. The Morgan fingerprint density at radius 2 is 1.95 bits per heavy atom. The third-order valence-electron chi connectivity index (χ3n) is 3.19. The summed E-state index contributed by atoms with van der Waals surface area (Å²) in [6.45, 7) is 6.93. The molecule has 2 rings (SSSR count). The number of rotatable bonds is 5. The van der Waals surface area contributed by atoms with E-state index in [0.717, 1.165) is 5.56 Å². The zero-order valence-electron chi connectivity index (χ0n) is 12.6. The summed E-state index contributed by atoms with van der Waals surface area (Å²) in [6.07, 6.45) is 0. The van der Waals surface area contributed by atoms with Crippen LogP contribution in [0.25, 0.3) is 11.3 Å². The van der Waals surface area contributed by atoms with Crippen molar-refractivity contribution in [2.24, 2.45) is 0 Å². The largest absolute Gasteiger partial charge is 0.310 e. The second-order valence-electron chi connectivity index (χ2n) is 5.22. The number of nitrogens with zero attached hydrogens (tertiary/aromatic N) is 2. The molecule has 21 heavy (non-hydrogen) atoms. The molecule has 0 saturated carbocycles. The molecule has 1 heterocycles. The van der Waals surface area contributed by atoms with Crippen molar-refractivity contribution in [2.45, 2.75) is 39.9 Å². The third-order valence-corrected chi connectivity index (χ3v) is 3.19. The Labute approximate surface area is 123 Å². The predicted molar refractivity (Wildman–Crippen MR) is 81.5 cm³/mol. The molecule has 112 valence electrons. The molecule has 2 aromatic rings. The lowest BCUT2D eigenvalue weighted by molar-refractivity contribution is 0.564. The number of hydrogen-bond donors (Lipinski definition) is 1. The normalized spacial score (nSPS) is 11.1. The standard InChI is InChI=1S/C16H20FN3O/c1-4-20-16(21)13(10-18-11(2)3)9-15(19-20)12-5-7-14(17)8-6-12/h5-9,11,18H,4,10H2,1-3H3. The summed E-state index contributed by atoms with van der Waals surface area (Å²) in [4.78, 5) is 12.3. The number of hydrogen-bond acceptors (Lipinski definition) is 3. The van der Waals surface area contributed by atoms with Gasteiger partial charge in [-0.3, -0.25) is 4.79 Å². The van der Waals surface area contributed by atoms with Crippen molar-refractivity contribution in [1.82, 2.24) is 15.1 Å². The van der Waals surface area contributed by atoms with E-state index in [1.807, 2.05) is 20.8 Å². The van der Waals surface area contributed by atoms with E-state index < -0.39 is 0 Å². The van der Waals surface area contributed by atoms with Gasteiger partial charge in [-0.2, -0.15) is 5.10 Å². The van der Waals surface area contributed by atoms with Crippen LogP contribution in [0.5, 0.6) is 0 Å². The summed E-state index contributed by atoms with van der Waals surface area (Å²) in [5, 5.41) is 7.57. The van der Waals surface area contributed by atoms with Gasteiger partial charge in [0.25, 0.3) is 5.56 Å². The first-order chi connectivity index (χ1) is 10.0. The lowest BCUT2D eigenvalue weighted by Gasteiger charge is -2.11. The minimum absolute atomic E-state index is 0.0866. The Kier molecular flexibility index (Phi) is 4.85. The van der Waals surface area contributed by atoms with Gasteiger partial charge in [0.05, 0.1) is 5.69 Å². The molecule has 0 saturated heterocycles. The Morgan fingerprint density at radius 1 is 1.29 bits per heavy atom. The molecule has 1 N–H and O–H groups in total. The Balaban J connectivity index is 2.44. The van der Waals surface area contributed by atoms with E-state index in [-0.39, 0.29) is 11.4 Å². The minimum atomic E-state index is -0.288. The van der Waals surface area contributed by atoms with Crippen molar-refractivity contribution < 1.29 is 4.39 Å². The van der Waals surface area contributed by atoms with Gasteiger partial charge in [0, 0.05) is 30.3 Å². The first kappa shape index (κ1) is 15.4. The van der Waals surface area contributed by atoms with Gasteiger partial charge >= 0.3 is 0 Å². The maximum Gasteiger partial charge on any atom is 0.271 e. The van der Waals surface area contributed by atoms with Crippen LogP contribution < -0.4 is 10.9 Å². The lowest BCUT2D eigenvalue weighted by Crippen LogP contribution is -2.31. The average Bonchev–Trinajstić information content (AvgIpc) is 2.47. The molecule has 1 aromatic heterocycles. The van der Waals surface area contributed by atoms with Gasteiger partial charge in [0.1, 0.15) is 5.82 Å². The summed E-state index contributed by atoms with van der Waals surface area (Å²) < 4.78 is 14.5. The van der Waals surface area contributed by atoms with Crippen molar-refractivity contribution in [3.8, 4) is 11.3 Å². The van der Waals surface area contributed by atoms with Gasteiger partial charge in [-0.15, -0.1) is 0 Å². The van der Waals surface area contributed by atoms with Crippen molar-refractivity contribution in [3.05, 3.63) is 52.1 Å². The summed E-state index contributed by atoms with van der Waals surface area (Å²) >= 11 is 0. The number of halogens is 1. The molecule has 4 nitrogen and oxygen atoms in total. The molecular weight excluding hydrogens is 269 g/mol. The zero-order chi connectivity index (χ0) is 15.4. The smallest absolute Gasteiger partial charge is 0.271 e. The van der Waals surface area contributed by atoms with Crippen LogP contribution in [0.15, 0.2) is 35.1 Å². The van der Waals surface area contributed by atoms with Crippen LogP contribution in [-0.2, 0) is 13.1 Å². The molecule has 0 unspecified atom stereocenters. The number of aromatic nitrogens is 2. The van der Waals surface area contributed by atoms with Crippen LogP contribution in [0, 0.1) is 5.82 Å². The molecule has 0 bridgehead atoms. The van der Waals surface area contributed by atoms with Crippen LogP contribution in [0.3, 0.4) is 0 Å². The average molecular weight is 289 g/mol. The highest BCUT2D eigenvalue weighted by molar-refractivity contribution is 5.58. The van der Waals surface area contributed by atoms with Gasteiger partial charge in [0.2, 0.25) is 0 Å². The molecule has 1 aromatic carbocycles. The van der Waals surface area contributed by atoms with Gasteiger partial charge in [-0.25, -0.2) is 9.07 Å². The maximum absolute atomic E-state index is 13.0. The Hall–Kier alpha value is -2.01. The van der Waals surface area contributed by atoms with E-state index in [4.69, 9.17) is 0 Å². The fourth-order valence-corrected chi connectivity index (χ4v) is 2.01. The van der Waals surface area contributed by atoms with E-state index in [9.17, 15) is 9.18 Å². The molecule has 0 fully saturated rings. The highest BCUT2D eigenvalue weighted by atomic mass is 19.1. The van der Waals surface area contributed by atoms with Gasteiger partial charge in [0.15, 0.2) is 0 Å². The highest BCUT2D eigenvalue weighted by Gasteiger charge is 2.09. The Morgan fingerprint density at radius 3 is 2.52 bits per heavy atom. The molecule has 0 radical (unpaired) electrons. The quantitative estimate of drug-likeness (QED) is 0.920. The molecule has 5 heteroatoms. The SMILES string of the molecule is CCn1nc(-c2ccc(F)cc2)cc(CNC(C)C)c1=O. The predicted octanol–water partition coefficient (Wildman–Crippen LogP) is 2.57. The number of benzene rings is 1. The fraction of sp³-hybridized carbons (Fsp3) is 0.375. The Bertz CT molecular complexity index is 662. The summed E-state index contributed by atoms with van der Waals surface area (Å²) in [5.74, 6) is -0.288. The van der Waals surface area contributed by atoms with Crippen molar-refractivity contribution in [3.63, 3.8) is 0 Å². The summed E-state index contributed by atoms with van der Waals surface area (Å²) in [7, 11) is 0. The molecular formula is C16H20FN3O. The van der Waals surface area contributed by atoms with Crippen molar-refractivity contribution in [2.75, 3.05) is 0 Å². The van der Waals surface area contributed by atoms with E-state index in [2.05, 4.69) is 10.4 Å². The molecule has 0 aliphatic rings. The van der Waals surface area contributed by atoms with E-state index in [0.29, 0.717) is 30.4 Å². The van der Waals surface area contributed by atoms with Crippen molar-refractivity contribution in [1.29, 1.82) is 0 Å². The van der Waals surface area contributed by atoms with Crippen LogP contribution in [0.4, 0.5) is 4.39 Å². The van der Waals surface area contributed by atoms with Crippen LogP contribution >= 0.6 is 0 Å². The summed E-state index contributed by atoms with van der Waals surface area (Å²) in [6, 6.07) is 8.19. The summed E-state index contributed by atoms with van der Waals surface area (Å²) in [5.41, 5.74) is 2.05. The monoisotopic (exact) mass is 289 g/mol. The highest BCUT2D eigenvalue weighted by Crippen LogP contribution is 2.17. The van der Waals surface area contributed by atoms with Gasteiger partial charge in [-0.1, -0.05) is 13.8 Å². The fourth-order valence-electron chi connectivity index (χ4n) is 2.01. The number of aryl methyl sites for hydroxylation is 1. The lowest BCUT2D eigenvalue weighted by atomic mass is 10.1. The number of nitrogens with one attached hydrogen (secondary N) is 1. The molecule has 0 aliphatic carbocycles. The molecule has 0 atom stereocenters.